The molecule has 0 amide bonds. The highest BCUT2D eigenvalue weighted by Crippen LogP contribution is 2.05. The van der Waals surface area contributed by atoms with Crippen molar-refractivity contribution in [2.45, 2.75) is 13.0 Å². The van der Waals surface area contributed by atoms with E-state index in [1.54, 1.807) is 6.20 Å². The summed E-state index contributed by atoms with van der Waals surface area (Å²) in [5, 5.41) is 8.62. The summed E-state index contributed by atoms with van der Waals surface area (Å²) >= 11 is 0. The first kappa shape index (κ1) is 11.1. The van der Waals surface area contributed by atoms with Crippen molar-refractivity contribution in [3.05, 3.63) is 17.7 Å². The van der Waals surface area contributed by atoms with E-state index in [1.165, 1.54) is 0 Å². The van der Waals surface area contributed by atoms with Gasteiger partial charge in [0.05, 0.1) is 26.2 Å². The average molecular weight is 225 g/mol. The lowest BCUT2D eigenvalue weighted by atomic mass is 10.3. The third kappa shape index (κ3) is 3.04. The fourth-order valence-electron chi connectivity index (χ4n) is 1.71. The van der Waals surface area contributed by atoms with E-state index in [9.17, 15) is 4.79 Å². The maximum absolute atomic E-state index is 10.5. The van der Waals surface area contributed by atoms with E-state index >= 15 is 0 Å². The van der Waals surface area contributed by atoms with Crippen molar-refractivity contribution < 1.29 is 14.6 Å². The molecule has 0 aliphatic carbocycles. The van der Waals surface area contributed by atoms with Crippen LogP contribution < -0.4 is 0 Å². The Bertz CT molecular complexity index is 358. The molecule has 1 aromatic rings. The third-order valence-corrected chi connectivity index (χ3v) is 2.50. The van der Waals surface area contributed by atoms with Gasteiger partial charge in [0, 0.05) is 25.0 Å². The standard InChI is InChI=1S/C10H15N3O3/c14-10(15)5-8-6-11-9(12-8)7-13-1-3-16-4-2-13/h6H,1-5,7H2,(H,11,12)(H,14,15). The SMILES string of the molecule is O=C(O)Cc1cnc(CN2CCOCC2)[nH]1. The number of carboxylic acids is 1. The fraction of sp³-hybridized carbons (Fsp3) is 0.600. The zero-order valence-corrected chi connectivity index (χ0v) is 8.98. The number of aliphatic carboxylic acids is 1. The molecule has 2 rings (SSSR count). The molecule has 1 fully saturated rings. The van der Waals surface area contributed by atoms with Crippen LogP contribution in [0.15, 0.2) is 6.20 Å². The Balaban J connectivity index is 1.88. The van der Waals surface area contributed by atoms with Crippen molar-refractivity contribution in [2.24, 2.45) is 0 Å². The first-order valence-corrected chi connectivity index (χ1v) is 5.28. The molecule has 1 aromatic heterocycles. The summed E-state index contributed by atoms with van der Waals surface area (Å²) in [4.78, 5) is 19.9. The summed E-state index contributed by atoms with van der Waals surface area (Å²) in [5.74, 6) is -0.0280. The van der Waals surface area contributed by atoms with Gasteiger partial charge >= 0.3 is 5.97 Å². The van der Waals surface area contributed by atoms with Gasteiger partial charge in [0.2, 0.25) is 0 Å². The number of H-pyrrole nitrogens is 1. The quantitative estimate of drug-likeness (QED) is 0.746. The zero-order chi connectivity index (χ0) is 11.4. The Hall–Kier alpha value is -1.40. The Morgan fingerprint density at radius 2 is 2.31 bits per heavy atom. The van der Waals surface area contributed by atoms with Crippen molar-refractivity contribution in [3.8, 4) is 0 Å². The number of hydrogen-bond donors (Lipinski definition) is 2. The molecule has 0 unspecified atom stereocenters. The number of nitrogens with one attached hydrogen (secondary N) is 1. The molecule has 88 valence electrons. The molecule has 0 atom stereocenters. The summed E-state index contributed by atoms with van der Waals surface area (Å²) in [6, 6.07) is 0. The Morgan fingerprint density at radius 3 is 3.00 bits per heavy atom. The molecule has 2 heterocycles. The fourth-order valence-corrected chi connectivity index (χ4v) is 1.71. The zero-order valence-electron chi connectivity index (χ0n) is 8.98. The number of imidazole rings is 1. The lowest BCUT2D eigenvalue weighted by Gasteiger charge is -2.25. The van der Waals surface area contributed by atoms with Crippen LogP contribution in [0.25, 0.3) is 0 Å². The lowest BCUT2D eigenvalue weighted by molar-refractivity contribution is -0.136. The Morgan fingerprint density at radius 1 is 1.56 bits per heavy atom. The van der Waals surface area contributed by atoms with E-state index in [1.807, 2.05) is 0 Å². The highest BCUT2D eigenvalue weighted by Gasteiger charge is 2.12. The van der Waals surface area contributed by atoms with Gasteiger partial charge in [-0.25, -0.2) is 4.98 Å². The first-order chi connectivity index (χ1) is 7.74. The number of rotatable bonds is 4. The van der Waals surface area contributed by atoms with E-state index in [-0.39, 0.29) is 6.42 Å². The maximum atomic E-state index is 10.5. The van der Waals surface area contributed by atoms with Gasteiger partial charge in [-0.2, -0.15) is 0 Å². The smallest absolute Gasteiger partial charge is 0.309 e. The molecule has 0 radical (unpaired) electrons. The number of aromatic nitrogens is 2. The highest BCUT2D eigenvalue weighted by molar-refractivity contribution is 5.69. The van der Waals surface area contributed by atoms with Crippen LogP contribution >= 0.6 is 0 Å². The van der Waals surface area contributed by atoms with Crippen LogP contribution in [0.2, 0.25) is 0 Å². The van der Waals surface area contributed by atoms with Gasteiger partial charge in [-0.15, -0.1) is 0 Å². The third-order valence-electron chi connectivity index (χ3n) is 2.50. The molecule has 0 spiro atoms. The van der Waals surface area contributed by atoms with Crippen molar-refractivity contribution in [3.63, 3.8) is 0 Å². The monoisotopic (exact) mass is 225 g/mol. The minimum Gasteiger partial charge on any atom is -0.481 e. The molecule has 0 bridgehead atoms. The van der Waals surface area contributed by atoms with Crippen molar-refractivity contribution in [1.29, 1.82) is 0 Å². The number of hydrogen-bond acceptors (Lipinski definition) is 4. The van der Waals surface area contributed by atoms with Gasteiger partial charge in [0.25, 0.3) is 0 Å². The molecule has 0 saturated carbocycles. The highest BCUT2D eigenvalue weighted by atomic mass is 16.5. The first-order valence-electron chi connectivity index (χ1n) is 5.28. The number of ether oxygens (including phenoxy) is 1. The molecular weight excluding hydrogens is 210 g/mol. The number of morpholine rings is 1. The van der Waals surface area contributed by atoms with Gasteiger partial charge in [-0.3, -0.25) is 9.69 Å². The van der Waals surface area contributed by atoms with E-state index in [4.69, 9.17) is 9.84 Å². The Kier molecular flexibility index (Phi) is 3.53. The van der Waals surface area contributed by atoms with Crippen LogP contribution in [0, 0.1) is 0 Å². The van der Waals surface area contributed by atoms with Crippen LogP contribution in [-0.2, 0) is 22.5 Å². The van der Waals surface area contributed by atoms with Gasteiger partial charge in [-0.1, -0.05) is 0 Å². The second-order valence-electron chi connectivity index (χ2n) is 3.81. The van der Waals surface area contributed by atoms with E-state index in [0.717, 1.165) is 38.7 Å². The summed E-state index contributed by atoms with van der Waals surface area (Å²) < 4.78 is 5.25. The predicted molar refractivity (Wildman–Crippen MR) is 56.0 cm³/mol. The number of carboxylic acid groups (broad SMARTS) is 1. The van der Waals surface area contributed by atoms with Crippen LogP contribution in [0.1, 0.15) is 11.5 Å². The molecule has 1 aliphatic heterocycles. The molecular formula is C10H15N3O3. The minimum atomic E-state index is -0.846. The molecule has 1 aliphatic rings. The number of nitrogens with zero attached hydrogens (tertiary/aromatic N) is 2. The molecule has 6 nitrogen and oxygen atoms in total. The summed E-state index contributed by atoms with van der Waals surface area (Å²) in [7, 11) is 0. The summed E-state index contributed by atoms with van der Waals surface area (Å²) in [5.41, 5.74) is 0.649. The number of carbonyl (C=O) groups is 1. The summed E-state index contributed by atoms with van der Waals surface area (Å²) in [6.45, 7) is 4.03. The van der Waals surface area contributed by atoms with Gasteiger partial charge < -0.3 is 14.8 Å². The van der Waals surface area contributed by atoms with E-state index < -0.39 is 5.97 Å². The van der Waals surface area contributed by atoms with Gasteiger partial charge in [-0.05, 0) is 0 Å². The average Bonchev–Trinajstić information content (AvgIpc) is 2.66. The number of aromatic amines is 1. The molecule has 2 N–H and O–H groups in total. The second kappa shape index (κ2) is 5.09. The molecule has 0 aromatic carbocycles. The van der Waals surface area contributed by atoms with E-state index in [2.05, 4.69) is 14.9 Å². The van der Waals surface area contributed by atoms with Gasteiger partial charge in [0.1, 0.15) is 5.82 Å². The second-order valence-corrected chi connectivity index (χ2v) is 3.81. The lowest BCUT2D eigenvalue weighted by Crippen LogP contribution is -2.35. The largest absolute Gasteiger partial charge is 0.481 e. The maximum Gasteiger partial charge on any atom is 0.309 e. The Labute approximate surface area is 93.2 Å². The normalized spacial score (nSPS) is 17.5. The van der Waals surface area contributed by atoms with Crippen LogP contribution in [-0.4, -0.2) is 52.2 Å². The summed E-state index contributed by atoms with van der Waals surface area (Å²) in [6.07, 6.45) is 1.58. The van der Waals surface area contributed by atoms with Crippen molar-refractivity contribution in [2.75, 3.05) is 26.3 Å². The van der Waals surface area contributed by atoms with Crippen LogP contribution in [0.3, 0.4) is 0 Å². The predicted octanol–water partition coefficient (Wildman–Crippen LogP) is -0.131. The van der Waals surface area contributed by atoms with Crippen molar-refractivity contribution in [1.82, 2.24) is 14.9 Å². The van der Waals surface area contributed by atoms with E-state index in [0.29, 0.717) is 5.69 Å². The van der Waals surface area contributed by atoms with Crippen LogP contribution in [0.5, 0.6) is 0 Å². The topological polar surface area (TPSA) is 78.4 Å². The minimum absolute atomic E-state index is 0.00386. The van der Waals surface area contributed by atoms with Crippen LogP contribution in [0.4, 0.5) is 0 Å². The molecule has 16 heavy (non-hydrogen) atoms. The molecule has 6 heteroatoms. The van der Waals surface area contributed by atoms with Crippen molar-refractivity contribution >= 4 is 5.97 Å². The van der Waals surface area contributed by atoms with Gasteiger partial charge in [0.15, 0.2) is 0 Å². The molecule has 1 saturated heterocycles.